The molecule has 0 aliphatic rings. The molecule has 0 aliphatic heterocycles. The largest absolute Gasteiger partial charge is 0.464 e. The molecule has 0 bridgehead atoms. The molecule has 6 nitrogen and oxygen atoms in total. The lowest BCUT2D eigenvalue weighted by molar-refractivity contribution is 0.0325. The van der Waals surface area contributed by atoms with Crippen molar-refractivity contribution in [3.8, 4) is 0 Å². The third kappa shape index (κ3) is 2.43. The van der Waals surface area contributed by atoms with Crippen LogP contribution in [0.4, 0.5) is 13.2 Å². The van der Waals surface area contributed by atoms with Crippen LogP contribution >= 0.6 is 0 Å². The van der Waals surface area contributed by atoms with Gasteiger partial charge in [-0.15, -0.1) is 0 Å². The summed E-state index contributed by atoms with van der Waals surface area (Å²) < 4.78 is 47.2. The second-order valence-electron chi connectivity index (χ2n) is 4.88. The molecule has 0 atom stereocenters. The summed E-state index contributed by atoms with van der Waals surface area (Å²) >= 11 is 0. The first kappa shape index (κ1) is 15.8. The number of rotatable bonds is 3. The number of halogens is 3. The lowest BCUT2D eigenvalue weighted by atomic mass is 10.1. The molecule has 0 amide bonds. The number of carbonyl (C=O) groups excluding carboxylic acids is 1. The number of ether oxygens (including phenoxy) is 1. The molecule has 0 spiro atoms. The molecule has 2 heterocycles. The zero-order valence-corrected chi connectivity index (χ0v) is 12.2. The normalized spacial score (nSPS) is 11.7. The van der Waals surface area contributed by atoms with Crippen LogP contribution < -0.4 is 5.69 Å². The maximum Gasteiger partial charge on any atom is 0.355 e. The molecule has 0 saturated carbocycles. The molecule has 3 rings (SSSR count). The number of aromatic amines is 1. The van der Waals surface area contributed by atoms with Gasteiger partial charge in [-0.2, -0.15) is 8.78 Å². The van der Waals surface area contributed by atoms with Crippen LogP contribution in [0.3, 0.4) is 0 Å². The average Bonchev–Trinajstić information content (AvgIpc) is 2.99. The van der Waals surface area contributed by atoms with E-state index in [1.807, 2.05) is 4.98 Å². The zero-order chi connectivity index (χ0) is 17.5. The third-order valence-corrected chi connectivity index (χ3v) is 3.41. The predicted octanol–water partition coefficient (Wildman–Crippen LogP) is 2.09. The van der Waals surface area contributed by atoms with E-state index in [1.165, 1.54) is 12.1 Å². The van der Waals surface area contributed by atoms with Crippen LogP contribution in [-0.2, 0) is 10.7 Å². The summed E-state index contributed by atoms with van der Waals surface area (Å²) in [6, 6.07) is 6.04. The number of hydrogen-bond donors (Lipinski definition) is 1. The fourth-order valence-corrected chi connectivity index (χ4v) is 2.23. The quantitative estimate of drug-likeness (QED) is 0.743. The van der Waals surface area contributed by atoms with Crippen LogP contribution in [0.2, 0.25) is 0 Å². The van der Waals surface area contributed by atoms with Gasteiger partial charge in [-0.3, -0.25) is 4.98 Å². The van der Waals surface area contributed by atoms with Crippen molar-refractivity contribution >= 4 is 11.6 Å². The van der Waals surface area contributed by atoms with Gasteiger partial charge < -0.3 is 4.74 Å². The van der Waals surface area contributed by atoms with E-state index in [0.29, 0.717) is 0 Å². The highest BCUT2D eigenvalue weighted by atomic mass is 19.3. The SMILES string of the molecule is COC(=O)c1ccc2nc(C(F)(F)c3ccc(F)cc3)[nH]c(=O)n12. The smallest absolute Gasteiger partial charge is 0.355 e. The van der Waals surface area contributed by atoms with E-state index in [2.05, 4.69) is 9.72 Å². The van der Waals surface area contributed by atoms with Crippen molar-refractivity contribution in [2.24, 2.45) is 0 Å². The predicted molar refractivity (Wildman–Crippen MR) is 76.5 cm³/mol. The summed E-state index contributed by atoms with van der Waals surface area (Å²) in [5, 5.41) is 0. The number of aromatic nitrogens is 3. The highest BCUT2D eigenvalue weighted by molar-refractivity contribution is 5.88. The first-order valence-electron chi connectivity index (χ1n) is 6.69. The Morgan fingerprint density at radius 1 is 1.21 bits per heavy atom. The first-order chi connectivity index (χ1) is 11.3. The Hall–Kier alpha value is -3.10. The number of benzene rings is 1. The van der Waals surface area contributed by atoms with E-state index in [0.717, 1.165) is 35.8 Å². The molecule has 2 aromatic heterocycles. The van der Waals surface area contributed by atoms with Crippen LogP contribution in [0.1, 0.15) is 21.9 Å². The molecule has 1 N–H and O–H groups in total. The van der Waals surface area contributed by atoms with Crippen LogP contribution in [0, 0.1) is 5.82 Å². The Balaban J connectivity index is 2.16. The minimum atomic E-state index is -3.65. The Bertz CT molecular complexity index is 977. The standard InChI is InChI=1S/C15H10F3N3O3/c1-24-12(22)10-6-7-11-19-13(20-14(23)21(10)11)15(17,18)8-2-4-9(16)5-3-8/h2-7H,1H3,(H,19,20,23). The minimum Gasteiger partial charge on any atom is -0.464 e. The van der Waals surface area contributed by atoms with Gasteiger partial charge in [-0.25, -0.2) is 23.4 Å². The molecule has 0 aliphatic carbocycles. The van der Waals surface area contributed by atoms with Crippen molar-refractivity contribution in [1.82, 2.24) is 14.4 Å². The second kappa shape index (κ2) is 5.52. The van der Waals surface area contributed by atoms with Crippen molar-refractivity contribution in [3.63, 3.8) is 0 Å². The molecule has 1 aromatic carbocycles. The van der Waals surface area contributed by atoms with E-state index >= 15 is 0 Å². The van der Waals surface area contributed by atoms with Crippen LogP contribution in [-0.4, -0.2) is 27.4 Å². The number of carbonyl (C=O) groups is 1. The number of methoxy groups -OCH3 is 1. The number of fused-ring (bicyclic) bond motifs is 1. The van der Waals surface area contributed by atoms with Gasteiger partial charge in [0.05, 0.1) is 7.11 Å². The summed E-state index contributed by atoms with van der Waals surface area (Å²) in [6.45, 7) is 0. The van der Waals surface area contributed by atoms with Crippen LogP contribution in [0.15, 0.2) is 41.2 Å². The van der Waals surface area contributed by atoms with Crippen molar-refractivity contribution in [1.29, 1.82) is 0 Å². The highest BCUT2D eigenvalue weighted by Crippen LogP contribution is 2.33. The summed E-state index contributed by atoms with van der Waals surface area (Å²) in [4.78, 5) is 29.3. The lowest BCUT2D eigenvalue weighted by Gasteiger charge is -2.16. The molecule has 9 heteroatoms. The fourth-order valence-electron chi connectivity index (χ4n) is 2.23. The highest BCUT2D eigenvalue weighted by Gasteiger charge is 2.37. The fraction of sp³-hybridized carbons (Fsp3) is 0.133. The van der Waals surface area contributed by atoms with Gasteiger partial charge in [0, 0.05) is 5.56 Å². The van der Waals surface area contributed by atoms with E-state index in [4.69, 9.17) is 0 Å². The van der Waals surface area contributed by atoms with Crippen LogP contribution in [0.5, 0.6) is 0 Å². The Morgan fingerprint density at radius 2 is 1.88 bits per heavy atom. The number of hydrogen-bond acceptors (Lipinski definition) is 4. The van der Waals surface area contributed by atoms with Gasteiger partial charge >= 0.3 is 17.6 Å². The molecule has 0 radical (unpaired) electrons. The number of nitrogens with zero attached hydrogens (tertiary/aromatic N) is 2. The average molecular weight is 337 g/mol. The van der Waals surface area contributed by atoms with Gasteiger partial charge in [0.2, 0.25) is 0 Å². The van der Waals surface area contributed by atoms with Crippen molar-refractivity contribution in [3.05, 3.63) is 69.8 Å². The Labute approximate surface area is 132 Å². The number of esters is 1. The summed E-state index contributed by atoms with van der Waals surface area (Å²) in [7, 11) is 1.13. The molecule has 24 heavy (non-hydrogen) atoms. The monoisotopic (exact) mass is 337 g/mol. The third-order valence-electron chi connectivity index (χ3n) is 3.41. The summed E-state index contributed by atoms with van der Waals surface area (Å²) in [6.07, 6.45) is 0. The van der Waals surface area contributed by atoms with Crippen molar-refractivity contribution in [2.45, 2.75) is 5.92 Å². The molecule has 0 fully saturated rings. The topological polar surface area (TPSA) is 76.5 Å². The van der Waals surface area contributed by atoms with Crippen molar-refractivity contribution in [2.75, 3.05) is 7.11 Å². The van der Waals surface area contributed by atoms with E-state index in [9.17, 15) is 22.8 Å². The Kier molecular flexibility index (Phi) is 3.63. The van der Waals surface area contributed by atoms with Crippen molar-refractivity contribution < 1.29 is 22.7 Å². The van der Waals surface area contributed by atoms with Crippen LogP contribution in [0.25, 0.3) is 5.65 Å². The molecular formula is C15H10F3N3O3. The van der Waals surface area contributed by atoms with Gasteiger partial charge in [0.25, 0.3) is 0 Å². The zero-order valence-electron chi connectivity index (χ0n) is 12.2. The molecule has 0 saturated heterocycles. The van der Waals surface area contributed by atoms with Gasteiger partial charge in [0.1, 0.15) is 17.2 Å². The second-order valence-corrected chi connectivity index (χ2v) is 4.88. The number of nitrogens with one attached hydrogen (secondary N) is 1. The van der Waals surface area contributed by atoms with Gasteiger partial charge in [-0.1, -0.05) is 0 Å². The molecule has 3 aromatic rings. The van der Waals surface area contributed by atoms with Gasteiger partial charge in [-0.05, 0) is 36.4 Å². The van der Waals surface area contributed by atoms with E-state index in [1.54, 1.807) is 0 Å². The molecule has 124 valence electrons. The van der Waals surface area contributed by atoms with E-state index < -0.39 is 34.8 Å². The molecular weight excluding hydrogens is 327 g/mol. The maximum atomic E-state index is 14.5. The van der Waals surface area contributed by atoms with E-state index in [-0.39, 0.29) is 11.3 Å². The minimum absolute atomic E-state index is 0.141. The Morgan fingerprint density at radius 3 is 2.50 bits per heavy atom. The first-order valence-corrected chi connectivity index (χ1v) is 6.69. The molecule has 0 unspecified atom stereocenters. The number of H-pyrrole nitrogens is 1. The number of alkyl halides is 2. The summed E-state index contributed by atoms with van der Waals surface area (Å²) in [5.41, 5.74) is -1.79. The lowest BCUT2D eigenvalue weighted by Crippen LogP contribution is -2.28. The maximum absolute atomic E-state index is 14.5. The summed E-state index contributed by atoms with van der Waals surface area (Å²) in [5.74, 6) is -6.04. The van der Waals surface area contributed by atoms with Gasteiger partial charge in [0.15, 0.2) is 5.82 Å².